The Hall–Kier alpha value is -1.26. The average molecular weight is 585 g/mol. The van der Waals surface area contributed by atoms with Crippen molar-refractivity contribution in [1.82, 2.24) is 0 Å². The van der Waals surface area contributed by atoms with E-state index in [-0.39, 0.29) is 35.9 Å². The van der Waals surface area contributed by atoms with Crippen LogP contribution in [-0.2, 0) is 6.42 Å². The lowest BCUT2D eigenvalue weighted by Gasteiger charge is -2.20. The molecule has 1 aromatic carbocycles. The highest BCUT2D eigenvalue weighted by Crippen LogP contribution is 2.45. The number of amides is 2. The van der Waals surface area contributed by atoms with Gasteiger partial charge in [-0.2, -0.15) is 0 Å². The molecule has 0 saturated carbocycles. The van der Waals surface area contributed by atoms with Crippen LogP contribution >= 0.6 is 43.2 Å². The molecule has 2 heterocycles. The van der Waals surface area contributed by atoms with Gasteiger partial charge in [-0.1, -0.05) is 39.5 Å². The molecule has 2 aromatic rings. The van der Waals surface area contributed by atoms with Gasteiger partial charge in [0.2, 0.25) is 0 Å². The molecule has 3 nitrogen and oxygen atoms in total. The van der Waals surface area contributed by atoms with Crippen LogP contribution in [-0.4, -0.2) is 11.8 Å². The fourth-order valence-electron chi connectivity index (χ4n) is 3.75. The Balaban J connectivity index is 1.99. The van der Waals surface area contributed by atoms with Crippen LogP contribution in [0.1, 0.15) is 72.2 Å². The van der Waals surface area contributed by atoms with E-state index in [1.807, 2.05) is 13.8 Å². The zero-order valence-electron chi connectivity index (χ0n) is 16.8. The molecular weight excluding hydrogens is 566 g/mol. The Morgan fingerprint density at radius 1 is 0.871 bits per heavy atom. The van der Waals surface area contributed by atoms with Crippen LogP contribution < -0.4 is 4.90 Å². The Labute approximate surface area is 198 Å². The number of thiophene rings is 1. The number of carbonyl (C=O) groups is 2. The summed E-state index contributed by atoms with van der Waals surface area (Å²) in [5.74, 6) is -8.58. The molecule has 31 heavy (non-hydrogen) atoms. The molecule has 0 bridgehead atoms. The Bertz CT molecular complexity index is 991. The van der Waals surface area contributed by atoms with Crippen LogP contribution in [0.4, 0.5) is 23.2 Å². The van der Waals surface area contributed by atoms with Crippen molar-refractivity contribution in [3.8, 4) is 0 Å². The molecule has 0 radical (unpaired) electrons. The van der Waals surface area contributed by atoms with Gasteiger partial charge in [-0.3, -0.25) is 9.59 Å². The highest BCUT2D eigenvalue weighted by Gasteiger charge is 2.45. The van der Waals surface area contributed by atoms with E-state index in [9.17, 15) is 27.2 Å². The quantitative estimate of drug-likeness (QED) is 0.180. The maximum atomic E-state index is 14.9. The molecule has 1 aromatic heterocycles. The van der Waals surface area contributed by atoms with Crippen molar-refractivity contribution in [2.24, 2.45) is 5.92 Å². The normalized spacial score (nSPS) is 14.5. The van der Waals surface area contributed by atoms with E-state index >= 15 is 0 Å². The molecule has 1 aliphatic rings. The molecule has 3 rings (SSSR count). The number of carbonyl (C=O) groups excluding carboxylic acids is 2. The molecule has 1 atom stereocenters. The van der Waals surface area contributed by atoms with Gasteiger partial charge in [-0.15, -0.1) is 11.3 Å². The lowest BCUT2D eigenvalue weighted by Crippen LogP contribution is -2.32. The van der Waals surface area contributed by atoms with Gasteiger partial charge in [-0.05, 0) is 50.6 Å². The third kappa shape index (κ3) is 4.23. The molecule has 0 saturated heterocycles. The predicted octanol–water partition coefficient (Wildman–Crippen LogP) is 7.78. The smallest absolute Gasteiger partial charge is 0.268 e. The number of rotatable bonds is 8. The lowest BCUT2D eigenvalue weighted by molar-refractivity contribution is 0.0922. The number of hydrogen-bond donors (Lipinski definition) is 0. The summed E-state index contributed by atoms with van der Waals surface area (Å²) in [6.07, 6.45) is 3.78. The van der Waals surface area contributed by atoms with Crippen molar-refractivity contribution < 1.29 is 27.2 Å². The minimum absolute atomic E-state index is 0.104. The second-order valence-electron chi connectivity index (χ2n) is 7.38. The van der Waals surface area contributed by atoms with Crippen LogP contribution in [0.2, 0.25) is 0 Å². The van der Waals surface area contributed by atoms with Gasteiger partial charge in [0, 0.05) is 5.56 Å². The van der Waals surface area contributed by atoms with Crippen molar-refractivity contribution in [3.63, 3.8) is 0 Å². The summed E-state index contributed by atoms with van der Waals surface area (Å²) >= 11 is 7.29. The topological polar surface area (TPSA) is 37.4 Å². The molecule has 0 aliphatic carbocycles. The highest BCUT2D eigenvalue weighted by atomic mass is 79.9. The fraction of sp³-hybridized carbons (Fsp3) is 0.429. The number of halogens is 6. The number of fused-ring (bicyclic) bond motifs is 1. The van der Waals surface area contributed by atoms with Crippen molar-refractivity contribution in [1.29, 1.82) is 0 Å². The second kappa shape index (κ2) is 9.70. The molecule has 168 valence electrons. The summed E-state index contributed by atoms with van der Waals surface area (Å²) in [4.78, 5) is 25.5. The van der Waals surface area contributed by atoms with Crippen LogP contribution in [0.25, 0.3) is 0 Å². The number of imide groups is 1. The molecule has 0 fully saturated rings. The first-order valence-electron chi connectivity index (χ1n) is 9.86. The van der Waals surface area contributed by atoms with Crippen molar-refractivity contribution in [2.45, 2.75) is 52.4 Å². The summed E-state index contributed by atoms with van der Waals surface area (Å²) in [7, 11) is 0. The number of hydrogen-bond acceptors (Lipinski definition) is 3. The van der Waals surface area contributed by atoms with Gasteiger partial charge in [-0.25, -0.2) is 22.5 Å². The number of anilines is 1. The van der Waals surface area contributed by atoms with Gasteiger partial charge < -0.3 is 0 Å². The molecule has 1 aliphatic heterocycles. The molecule has 10 heteroatoms. The van der Waals surface area contributed by atoms with Gasteiger partial charge in [0.05, 0.1) is 18.7 Å². The molecule has 0 N–H and O–H groups in total. The first-order chi connectivity index (χ1) is 14.6. The van der Waals surface area contributed by atoms with Gasteiger partial charge in [0.15, 0.2) is 23.3 Å². The van der Waals surface area contributed by atoms with E-state index in [2.05, 4.69) is 31.9 Å². The lowest BCUT2D eigenvalue weighted by atomic mass is 9.92. The summed E-state index contributed by atoms with van der Waals surface area (Å²) in [5.41, 5.74) is -2.24. The van der Waals surface area contributed by atoms with E-state index in [1.165, 1.54) is 0 Å². The first kappa shape index (κ1) is 24.4. The van der Waals surface area contributed by atoms with Crippen LogP contribution in [0.3, 0.4) is 0 Å². The molecule has 0 spiro atoms. The van der Waals surface area contributed by atoms with Gasteiger partial charge >= 0.3 is 0 Å². The monoisotopic (exact) mass is 583 g/mol. The maximum absolute atomic E-state index is 14.9. The number of nitrogens with zero attached hydrogens (tertiary/aromatic N) is 1. The molecular formula is C21H19Br2F4NO2S. The van der Waals surface area contributed by atoms with E-state index in [0.29, 0.717) is 6.42 Å². The Kier molecular flexibility index (Phi) is 7.63. The minimum atomic E-state index is -1.75. The van der Waals surface area contributed by atoms with E-state index in [1.54, 1.807) is 0 Å². The Morgan fingerprint density at radius 2 is 1.39 bits per heavy atom. The largest absolute Gasteiger partial charge is 0.268 e. The molecule has 2 amide bonds. The van der Waals surface area contributed by atoms with E-state index in [4.69, 9.17) is 0 Å². The van der Waals surface area contributed by atoms with Crippen LogP contribution in [0, 0.1) is 29.2 Å². The zero-order chi connectivity index (χ0) is 23.0. The van der Waals surface area contributed by atoms with Crippen LogP contribution in [0.15, 0.2) is 7.57 Å². The van der Waals surface area contributed by atoms with Crippen LogP contribution in [0.5, 0.6) is 0 Å². The van der Waals surface area contributed by atoms with Crippen molar-refractivity contribution >= 4 is 60.7 Å². The fourth-order valence-corrected chi connectivity index (χ4v) is 6.85. The zero-order valence-corrected chi connectivity index (χ0v) is 20.7. The highest BCUT2D eigenvalue weighted by molar-refractivity contribution is 9.12. The standard InChI is InChI=1S/C21H19Br2F4NO2S/c1-3-5-6-9(4-2)7-8-10-13(24)15(26)17(16(27)14(10)25)28-20(29)11-12(21(28)30)19(23)31-18(11)22/h9H,3-8H2,1-2H3. The van der Waals surface area contributed by atoms with Gasteiger partial charge in [0.25, 0.3) is 11.8 Å². The summed E-state index contributed by atoms with van der Waals surface area (Å²) < 4.78 is 59.9. The van der Waals surface area contributed by atoms with Crippen molar-refractivity contribution in [3.05, 3.63) is 47.5 Å². The summed E-state index contributed by atoms with van der Waals surface area (Å²) in [5, 5.41) is 0. The number of unbranched alkanes of at least 4 members (excludes halogenated alkanes) is 1. The molecule has 1 unspecified atom stereocenters. The SMILES string of the molecule is CCCCC(CC)CCc1c(F)c(F)c(N2C(=O)c3c(Br)sc(Br)c3C2=O)c(F)c1F. The third-order valence-corrected chi connectivity index (χ3v) is 8.09. The second-order valence-corrected chi connectivity index (χ2v) is 11.0. The maximum Gasteiger partial charge on any atom is 0.268 e. The summed E-state index contributed by atoms with van der Waals surface area (Å²) in [6, 6.07) is 0. The van der Waals surface area contributed by atoms with E-state index in [0.717, 1.165) is 37.0 Å². The van der Waals surface area contributed by atoms with Crippen molar-refractivity contribution in [2.75, 3.05) is 4.90 Å². The number of benzene rings is 1. The van der Waals surface area contributed by atoms with E-state index < -0.39 is 46.3 Å². The summed E-state index contributed by atoms with van der Waals surface area (Å²) in [6.45, 7) is 3.99. The average Bonchev–Trinajstić information content (AvgIpc) is 3.18. The minimum Gasteiger partial charge on any atom is -0.268 e. The first-order valence-corrected chi connectivity index (χ1v) is 12.3. The third-order valence-electron chi connectivity index (χ3n) is 5.56. The Morgan fingerprint density at radius 3 is 1.84 bits per heavy atom. The van der Waals surface area contributed by atoms with Gasteiger partial charge in [0.1, 0.15) is 5.69 Å². The predicted molar refractivity (Wildman–Crippen MR) is 119 cm³/mol.